The summed E-state index contributed by atoms with van der Waals surface area (Å²) in [6, 6.07) is 11.5. The zero-order chi connectivity index (χ0) is 17.5. The molecule has 1 aromatic heterocycles. The number of hydrogen-bond donors (Lipinski definition) is 3. The Morgan fingerprint density at radius 2 is 1.88 bits per heavy atom. The summed E-state index contributed by atoms with van der Waals surface area (Å²) in [7, 11) is 0. The van der Waals surface area contributed by atoms with Gasteiger partial charge < -0.3 is 16.4 Å². The van der Waals surface area contributed by atoms with E-state index >= 15 is 0 Å². The number of aromatic nitrogens is 1. The van der Waals surface area contributed by atoms with Gasteiger partial charge in [0, 0.05) is 5.56 Å². The molecule has 2 aromatic rings. The summed E-state index contributed by atoms with van der Waals surface area (Å²) in [4.78, 5) is 28.9. The topological polar surface area (TPSA) is 97.1 Å². The molecule has 2 rings (SSSR count). The van der Waals surface area contributed by atoms with E-state index in [4.69, 9.17) is 5.73 Å². The van der Waals surface area contributed by atoms with E-state index in [2.05, 4.69) is 15.6 Å². The van der Waals surface area contributed by atoms with Crippen LogP contribution in [0.1, 0.15) is 30.6 Å². The summed E-state index contributed by atoms with van der Waals surface area (Å²) in [5.74, 6) is -0.185. The van der Waals surface area contributed by atoms with Gasteiger partial charge in [-0.15, -0.1) is 0 Å². The van der Waals surface area contributed by atoms with Crippen LogP contribution in [0.25, 0.3) is 0 Å². The second kappa shape index (κ2) is 8.10. The van der Waals surface area contributed by atoms with Crippen LogP contribution >= 0.6 is 0 Å². The number of amides is 2. The van der Waals surface area contributed by atoms with Crippen LogP contribution in [0.2, 0.25) is 0 Å². The summed E-state index contributed by atoms with van der Waals surface area (Å²) >= 11 is 0. The minimum atomic E-state index is -0.639. The van der Waals surface area contributed by atoms with Crippen LogP contribution in [0.3, 0.4) is 0 Å². The van der Waals surface area contributed by atoms with E-state index in [0.717, 1.165) is 6.42 Å². The van der Waals surface area contributed by atoms with Crippen molar-refractivity contribution < 1.29 is 9.59 Å². The van der Waals surface area contributed by atoms with E-state index in [-0.39, 0.29) is 17.7 Å². The molecule has 0 spiro atoms. The highest BCUT2D eigenvalue weighted by atomic mass is 16.2. The maximum atomic E-state index is 12.6. The maximum absolute atomic E-state index is 12.6. The highest BCUT2D eigenvalue weighted by molar-refractivity contribution is 6.01. The van der Waals surface area contributed by atoms with Gasteiger partial charge in [0.1, 0.15) is 11.9 Å². The lowest BCUT2D eigenvalue weighted by molar-refractivity contribution is -0.119. The summed E-state index contributed by atoms with van der Waals surface area (Å²) in [5, 5.41) is 5.59. The molecule has 0 bridgehead atoms. The van der Waals surface area contributed by atoms with Gasteiger partial charge in [0.05, 0.1) is 11.9 Å². The van der Waals surface area contributed by atoms with Gasteiger partial charge >= 0.3 is 0 Å². The third-order valence-corrected chi connectivity index (χ3v) is 3.87. The monoisotopic (exact) mass is 326 g/mol. The smallest absolute Gasteiger partial charge is 0.251 e. The van der Waals surface area contributed by atoms with Crippen molar-refractivity contribution in [1.29, 1.82) is 0 Å². The number of nitrogens with one attached hydrogen (secondary N) is 2. The second-order valence-corrected chi connectivity index (χ2v) is 5.66. The number of nitrogens with two attached hydrogens (primary N) is 1. The fraction of sp³-hybridized carbons (Fsp3) is 0.278. The quantitative estimate of drug-likeness (QED) is 0.759. The number of hydrogen-bond acceptors (Lipinski definition) is 4. The average Bonchev–Trinajstić information content (AvgIpc) is 2.61. The minimum Gasteiger partial charge on any atom is -0.384 e. The Kier molecular flexibility index (Phi) is 5.89. The van der Waals surface area contributed by atoms with E-state index in [1.807, 2.05) is 19.9 Å². The molecule has 0 aliphatic carbocycles. The van der Waals surface area contributed by atoms with Crippen LogP contribution in [-0.4, -0.2) is 22.8 Å². The largest absolute Gasteiger partial charge is 0.384 e. The van der Waals surface area contributed by atoms with E-state index in [0.29, 0.717) is 17.1 Å². The predicted octanol–water partition coefficient (Wildman–Crippen LogP) is 2.45. The van der Waals surface area contributed by atoms with Crippen molar-refractivity contribution in [2.75, 3.05) is 11.1 Å². The summed E-state index contributed by atoms with van der Waals surface area (Å²) in [6.07, 6.45) is 2.24. The van der Waals surface area contributed by atoms with Crippen LogP contribution in [-0.2, 0) is 4.79 Å². The van der Waals surface area contributed by atoms with E-state index in [1.165, 1.54) is 6.20 Å². The summed E-state index contributed by atoms with van der Waals surface area (Å²) in [6.45, 7) is 3.90. The van der Waals surface area contributed by atoms with Crippen LogP contribution < -0.4 is 16.4 Å². The number of rotatable bonds is 6. The molecular weight excluding hydrogens is 304 g/mol. The third kappa shape index (κ3) is 4.55. The number of carbonyl (C=O) groups is 2. The fourth-order valence-corrected chi connectivity index (χ4v) is 2.22. The number of nitrogen functional groups attached to an aromatic ring is 1. The fourth-order valence-electron chi connectivity index (χ4n) is 2.22. The van der Waals surface area contributed by atoms with E-state index in [9.17, 15) is 9.59 Å². The highest BCUT2D eigenvalue weighted by Crippen LogP contribution is 2.13. The first kappa shape index (κ1) is 17.5. The van der Waals surface area contributed by atoms with Crippen LogP contribution in [0.15, 0.2) is 48.7 Å². The van der Waals surface area contributed by atoms with Gasteiger partial charge in [-0.1, -0.05) is 38.5 Å². The van der Waals surface area contributed by atoms with Crippen molar-refractivity contribution in [3.05, 3.63) is 54.2 Å². The predicted molar refractivity (Wildman–Crippen MR) is 94.4 cm³/mol. The minimum absolute atomic E-state index is 0.0144. The van der Waals surface area contributed by atoms with Crippen molar-refractivity contribution >= 4 is 23.3 Å². The maximum Gasteiger partial charge on any atom is 0.251 e. The third-order valence-electron chi connectivity index (χ3n) is 3.87. The lowest BCUT2D eigenvalue weighted by Gasteiger charge is -2.23. The normalized spacial score (nSPS) is 12.9. The summed E-state index contributed by atoms with van der Waals surface area (Å²) in [5.41, 5.74) is 6.60. The lowest BCUT2D eigenvalue weighted by atomic mass is 9.97. The van der Waals surface area contributed by atoms with Crippen LogP contribution in [0.4, 0.5) is 11.5 Å². The average molecular weight is 326 g/mol. The Morgan fingerprint density at radius 3 is 2.46 bits per heavy atom. The van der Waals surface area contributed by atoms with Gasteiger partial charge in [-0.3, -0.25) is 9.59 Å². The Balaban J connectivity index is 2.11. The number of pyridine rings is 1. The molecule has 0 saturated heterocycles. The molecule has 4 N–H and O–H groups in total. The molecular formula is C18H22N4O2. The number of carbonyl (C=O) groups excluding carboxylic acids is 2. The van der Waals surface area contributed by atoms with Crippen LogP contribution in [0.5, 0.6) is 0 Å². The zero-order valence-electron chi connectivity index (χ0n) is 13.8. The molecule has 2 unspecified atom stereocenters. The molecule has 0 aliphatic rings. The molecule has 6 nitrogen and oxygen atoms in total. The molecule has 6 heteroatoms. The Hall–Kier alpha value is -2.89. The van der Waals surface area contributed by atoms with Gasteiger partial charge in [-0.2, -0.15) is 0 Å². The zero-order valence-corrected chi connectivity index (χ0v) is 13.8. The van der Waals surface area contributed by atoms with Gasteiger partial charge in [-0.05, 0) is 30.2 Å². The highest BCUT2D eigenvalue weighted by Gasteiger charge is 2.26. The van der Waals surface area contributed by atoms with Crippen molar-refractivity contribution in [3.8, 4) is 0 Å². The Morgan fingerprint density at radius 1 is 1.17 bits per heavy atom. The first-order chi connectivity index (χ1) is 11.5. The van der Waals surface area contributed by atoms with Crippen molar-refractivity contribution in [3.63, 3.8) is 0 Å². The summed E-state index contributed by atoms with van der Waals surface area (Å²) < 4.78 is 0. The van der Waals surface area contributed by atoms with Crippen molar-refractivity contribution in [2.45, 2.75) is 26.3 Å². The molecule has 2 amide bonds. The molecule has 1 heterocycles. The van der Waals surface area contributed by atoms with Gasteiger partial charge in [0.15, 0.2) is 0 Å². The van der Waals surface area contributed by atoms with Crippen LogP contribution in [0, 0.1) is 5.92 Å². The molecule has 2 atom stereocenters. The van der Waals surface area contributed by atoms with Gasteiger partial charge in [0.25, 0.3) is 5.91 Å². The van der Waals surface area contributed by atoms with Gasteiger partial charge in [-0.25, -0.2) is 4.98 Å². The molecule has 126 valence electrons. The Labute approximate surface area is 141 Å². The number of anilines is 2. The molecule has 24 heavy (non-hydrogen) atoms. The molecule has 0 radical (unpaired) electrons. The number of nitrogens with zero attached hydrogens (tertiary/aromatic N) is 1. The standard InChI is InChI=1S/C18H22N4O2/c1-3-12(2)16(22-17(23)13-7-5-4-6-8-13)18(24)21-14-9-10-15(19)20-11-14/h4-12,16H,3H2,1-2H3,(H2,19,20)(H,21,24)(H,22,23). The molecule has 1 aromatic carbocycles. The van der Waals surface area contributed by atoms with Crippen molar-refractivity contribution in [1.82, 2.24) is 10.3 Å². The Bertz CT molecular complexity index is 686. The molecule has 0 fully saturated rings. The van der Waals surface area contributed by atoms with E-state index in [1.54, 1.807) is 36.4 Å². The lowest BCUT2D eigenvalue weighted by Crippen LogP contribution is -2.47. The molecule has 0 aliphatic heterocycles. The number of benzene rings is 1. The van der Waals surface area contributed by atoms with E-state index < -0.39 is 6.04 Å². The SMILES string of the molecule is CCC(C)C(NC(=O)c1ccccc1)C(=O)Nc1ccc(N)nc1. The van der Waals surface area contributed by atoms with Crippen molar-refractivity contribution in [2.24, 2.45) is 5.92 Å². The first-order valence-electron chi connectivity index (χ1n) is 7.89. The van der Waals surface area contributed by atoms with Gasteiger partial charge in [0.2, 0.25) is 5.91 Å². The molecule has 0 saturated carbocycles. The second-order valence-electron chi connectivity index (χ2n) is 5.66. The first-order valence-corrected chi connectivity index (χ1v) is 7.89.